The Hall–Kier alpha value is -2.04. The number of amides is 1. The number of rotatable bonds is 3. The summed E-state index contributed by atoms with van der Waals surface area (Å²) in [4.78, 5) is 24.6. The molecule has 1 aliphatic heterocycles. The lowest BCUT2D eigenvalue weighted by atomic mass is 10.0. The molecule has 1 heterocycles. The van der Waals surface area contributed by atoms with Crippen LogP contribution in [-0.2, 0) is 16.1 Å². The van der Waals surface area contributed by atoms with Gasteiger partial charge in [0.25, 0.3) is 0 Å². The van der Waals surface area contributed by atoms with E-state index in [9.17, 15) is 14.7 Å². The minimum atomic E-state index is -1.03. The first-order valence-electron chi connectivity index (χ1n) is 6.80. The van der Waals surface area contributed by atoms with E-state index in [-0.39, 0.29) is 12.0 Å². The Morgan fingerprint density at radius 3 is 2.60 bits per heavy atom. The highest BCUT2D eigenvalue weighted by molar-refractivity contribution is 5.82. The molecule has 1 saturated heterocycles. The summed E-state index contributed by atoms with van der Waals surface area (Å²) in [5.41, 5.74) is 0.955. The van der Waals surface area contributed by atoms with Crippen LogP contribution in [-0.4, -0.2) is 34.7 Å². The number of hydrogen-bond acceptors (Lipinski definition) is 3. The molecule has 1 unspecified atom stereocenters. The van der Waals surface area contributed by atoms with Crippen LogP contribution in [0.25, 0.3) is 0 Å². The number of ether oxygens (including phenoxy) is 1. The van der Waals surface area contributed by atoms with Crippen molar-refractivity contribution < 1.29 is 19.4 Å². The summed E-state index contributed by atoms with van der Waals surface area (Å²) in [5, 5.41) is 9.20. The second-order valence-corrected chi connectivity index (χ2v) is 5.72. The van der Waals surface area contributed by atoms with Crippen LogP contribution < -0.4 is 0 Å². The van der Waals surface area contributed by atoms with Crippen LogP contribution in [0, 0.1) is 5.41 Å². The van der Waals surface area contributed by atoms with Crippen LogP contribution in [0.5, 0.6) is 0 Å². The summed E-state index contributed by atoms with van der Waals surface area (Å²) in [6, 6.07) is 8.76. The van der Waals surface area contributed by atoms with E-state index in [1.165, 1.54) is 4.90 Å². The van der Waals surface area contributed by atoms with Gasteiger partial charge >= 0.3 is 12.1 Å². The SMILES string of the molecule is O=C(OCc1ccccc1)C1CC2(CC2)CN1C(=O)O. The number of carbonyl (C=O) groups is 2. The van der Waals surface area contributed by atoms with Gasteiger partial charge in [0.2, 0.25) is 0 Å². The number of carbonyl (C=O) groups excluding carboxylic acids is 1. The number of esters is 1. The summed E-state index contributed by atoms with van der Waals surface area (Å²) < 4.78 is 5.27. The van der Waals surface area contributed by atoms with E-state index >= 15 is 0 Å². The van der Waals surface area contributed by atoms with Crippen LogP contribution in [0.1, 0.15) is 24.8 Å². The molecule has 3 rings (SSSR count). The number of likely N-dealkylation sites (tertiary alicyclic amines) is 1. The normalized spacial score (nSPS) is 22.8. The van der Waals surface area contributed by atoms with Crippen molar-refractivity contribution >= 4 is 12.1 Å². The second kappa shape index (κ2) is 4.81. The van der Waals surface area contributed by atoms with Gasteiger partial charge in [-0.2, -0.15) is 0 Å². The van der Waals surface area contributed by atoms with Crippen molar-refractivity contribution in [3.05, 3.63) is 35.9 Å². The molecule has 5 heteroatoms. The van der Waals surface area contributed by atoms with Crippen LogP contribution in [0.15, 0.2) is 30.3 Å². The fourth-order valence-electron chi connectivity index (χ4n) is 2.83. The van der Waals surface area contributed by atoms with Gasteiger partial charge in [-0.1, -0.05) is 30.3 Å². The molecule has 1 aromatic carbocycles. The Balaban J connectivity index is 1.62. The maximum Gasteiger partial charge on any atom is 0.408 e. The molecule has 1 aromatic rings. The van der Waals surface area contributed by atoms with E-state index in [0.29, 0.717) is 13.0 Å². The monoisotopic (exact) mass is 275 g/mol. The van der Waals surface area contributed by atoms with Gasteiger partial charge in [-0.3, -0.25) is 4.90 Å². The molecule has 2 aliphatic rings. The van der Waals surface area contributed by atoms with Crippen molar-refractivity contribution in [3.8, 4) is 0 Å². The maximum atomic E-state index is 12.1. The Morgan fingerprint density at radius 2 is 2.00 bits per heavy atom. The molecule has 0 aromatic heterocycles. The first-order valence-corrected chi connectivity index (χ1v) is 6.80. The van der Waals surface area contributed by atoms with Crippen molar-refractivity contribution in [3.63, 3.8) is 0 Å². The topological polar surface area (TPSA) is 66.8 Å². The molecular formula is C15H17NO4. The third-order valence-corrected chi connectivity index (χ3v) is 4.21. The summed E-state index contributed by atoms with van der Waals surface area (Å²) >= 11 is 0. The number of nitrogens with zero attached hydrogens (tertiary/aromatic N) is 1. The zero-order valence-electron chi connectivity index (χ0n) is 11.1. The average molecular weight is 275 g/mol. The van der Waals surface area contributed by atoms with Gasteiger partial charge in [0.15, 0.2) is 0 Å². The van der Waals surface area contributed by atoms with Gasteiger partial charge in [-0.25, -0.2) is 9.59 Å². The minimum absolute atomic E-state index is 0.0504. The van der Waals surface area contributed by atoms with E-state index in [4.69, 9.17) is 4.74 Å². The van der Waals surface area contributed by atoms with Crippen LogP contribution >= 0.6 is 0 Å². The van der Waals surface area contributed by atoms with Gasteiger partial charge in [0.05, 0.1) is 0 Å². The molecule has 1 amide bonds. The third-order valence-electron chi connectivity index (χ3n) is 4.21. The maximum absolute atomic E-state index is 12.1. The highest BCUT2D eigenvalue weighted by atomic mass is 16.5. The smallest absolute Gasteiger partial charge is 0.408 e. The fraction of sp³-hybridized carbons (Fsp3) is 0.467. The highest BCUT2D eigenvalue weighted by Crippen LogP contribution is 2.54. The van der Waals surface area contributed by atoms with Crippen molar-refractivity contribution in [2.24, 2.45) is 5.41 Å². The Labute approximate surface area is 117 Å². The van der Waals surface area contributed by atoms with E-state index in [1.807, 2.05) is 30.3 Å². The molecule has 1 spiro atoms. The van der Waals surface area contributed by atoms with Crippen molar-refractivity contribution in [1.82, 2.24) is 4.90 Å². The highest BCUT2D eigenvalue weighted by Gasteiger charge is 2.55. The summed E-state index contributed by atoms with van der Waals surface area (Å²) in [7, 11) is 0. The van der Waals surface area contributed by atoms with E-state index < -0.39 is 18.1 Å². The molecule has 106 valence electrons. The van der Waals surface area contributed by atoms with Crippen molar-refractivity contribution in [2.75, 3.05) is 6.54 Å². The number of benzene rings is 1. The average Bonchev–Trinajstić information content (AvgIpc) is 3.08. The lowest BCUT2D eigenvalue weighted by Crippen LogP contribution is -2.40. The first-order chi connectivity index (χ1) is 9.60. The van der Waals surface area contributed by atoms with Crippen LogP contribution in [0.4, 0.5) is 4.79 Å². The van der Waals surface area contributed by atoms with Gasteiger partial charge in [-0.05, 0) is 30.2 Å². The van der Waals surface area contributed by atoms with Gasteiger partial charge < -0.3 is 9.84 Å². The van der Waals surface area contributed by atoms with Gasteiger partial charge in [-0.15, -0.1) is 0 Å². The summed E-state index contributed by atoms with van der Waals surface area (Å²) in [5.74, 6) is -0.431. The van der Waals surface area contributed by atoms with Crippen molar-refractivity contribution in [1.29, 1.82) is 0 Å². The van der Waals surface area contributed by atoms with Gasteiger partial charge in [0, 0.05) is 6.54 Å². The molecule has 2 fully saturated rings. The molecule has 1 saturated carbocycles. The van der Waals surface area contributed by atoms with E-state index in [2.05, 4.69) is 0 Å². The molecule has 1 atom stereocenters. The third kappa shape index (κ3) is 2.48. The molecule has 1 N–H and O–H groups in total. The second-order valence-electron chi connectivity index (χ2n) is 5.72. The molecular weight excluding hydrogens is 258 g/mol. The Bertz CT molecular complexity index is 524. The molecule has 0 bridgehead atoms. The fourth-order valence-corrected chi connectivity index (χ4v) is 2.83. The predicted molar refractivity (Wildman–Crippen MR) is 71.0 cm³/mol. The quantitative estimate of drug-likeness (QED) is 0.859. The number of carboxylic acid groups (broad SMARTS) is 1. The zero-order chi connectivity index (χ0) is 14.2. The van der Waals surface area contributed by atoms with E-state index in [1.54, 1.807) is 0 Å². The Morgan fingerprint density at radius 1 is 1.30 bits per heavy atom. The van der Waals surface area contributed by atoms with Gasteiger partial charge in [0.1, 0.15) is 12.6 Å². The molecule has 1 aliphatic carbocycles. The summed E-state index contributed by atoms with van der Waals surface area (Å²) in [6.07, 6.45) is 1.60. The predicted octanol–water partition coefficient (Wildman–Crippen LogP) is 2.26. The van der Waals surface area contributed by atoms with Crippen LogP contribution in [0.3, 0.4) is 0 Å². The minimum Gasteiger partial charge on any atom is -0.465 e. The van der Waals surface area contributed by atoms with Crippen molar-refractivity contribution in [2.45, 2.75) is 31.9 Å². The Kier molecular flexibility index (Phi) is 3.12. The van der Waals surface area contributed by atoms with E-state index in [0.717, 1.165) is 18.4 Å². The molecule has 20 heavy (non-hydrogen) atoms. The molecule has 5 nitrogen and oxygen atoms in total. The largest absolute Gasteiger partial charge is 0.465 e. The zero-order valence-corrected chi connectivity index (χ0v) is 11.1. The number of hydrogen-bond donors (Lipinski definition) is 1. The lowest BCUT2D eigenvalue weighted by Gasteiger charge is -2.19. The van der Waals surface area contributed by atoms with Crippen LogP contribution in [0.2, 0.25) is 0 Å². The lowest BCUT2D eigenvalue weighted by molar-refractivity contribution is -0.149. The standard InChI is InChI=1S/C15H17NO4/c17-13(20-9-11-4-2-1-3-5-11)12-8-15(6-7-15)10-16(12)14(18)19/h1-5,12H,6-10H2,(H,18,19). The molecule has 0 radical (unpaired) electrons. The summed E-state index contributed by atoms with van der Waals surface area (Å²) in [6.45, 7) is 0.657. The first kappa shape index (κ1) is 13.0.